The van der Waals surface area contributed by atoms with Crippen LogP contribution in [0.3, 0.4) is 0 Å². The molecule has 11 heavy (non-hydrogen) atoms. The van der Waals surface area contributed by atoms with Crippen molar-refractivity contribution >= 4 is 0 Å². The van der Waals surface area contributed by atoms with Crippen molar-refractivity contribution in [1.82, 2.24) is 0 Å². The van der Waals surface area contributed by atoms with Gasteiger partial charge in [-0.15, -0.1) is 0 Å². The average molecular weight is 163 g/mol. The molecule has 0 radical (unpaired) electrons. The van der Waals surface area contributed by atoms with Crippen LogP contribution in [0.5, 0.6) is 0 Å². The van der Waals surface area contributed by atoms with Crippen molar-refractivity contribution in [3.63, 3.8) is 0 Å². The van der Waals surface area contributed by atoms with Gasteiger partial charge in [0.05, 0.1) is 12.2 Å². The highest BCUT2D eigenvalue weighted by Gasteiger charge is 2.11. The predicted molar refractivity (Wildman–Crippen MR) is 44.3 cm³/mol. The van der Waals surface area contributed by atoms with Gasteiger partial charge in [0.25, 0.3) is 0 Å². The molecular formula is C8H18FNO. The molecule has 0 aromatic rings. The molecule has 0 aliphatic heterocycles. The molecule has 0 fully saturated rings. The highest BCUT2D eigenvalue weighted by atomic mass is 19.1. The van der Waals surface area contributed by atoms with Gasteiger partial charge in [-0.25, -0.2) is 4.39 Å². The van der Waals surface area contributed by atoms with Gasteiger partial charge in [0.2, 0.25) is 0 Å². The lowest BCUT2D eigenvalue weighted by Crippen LogP contribution is -2.23. The molecule has 0 heterocycles. The van der Waals surface area contributed by atoms with Crippen molar-refractivity contribution in [3.05, 3.63) is 0 Å². The fraction of sp³-hybridized carbons (Fsp3) is 1.00. The second-order valence-electron chi connectivity index (χ2n) is 3.58. The summed E-state index contributed by atoms with van der Waals surface area (Å²) in [6.45, 7) is 6.38. The van der Waals surface area contributed by atoms with Gasteiger partial charge < -0.3 is 10.5 Å². The zero-order chi connectivity index (χ0) is 8.91. The van der Waals surface area contributed by atoms with E-state index in [2.05, 4.69) is 0 Å². The van der Waals surface area contributed by atoms with Crippen LogP contribution in [0.25, 0.3) is 0 Å². The van der Waals surface area contributed by atoms with E-state index in [1.54, 1.807) is 0 Å². The molecule has 0 bridgehead atoms. The van der Waals surface area contributed by atoms with Gasteiger partial charge in [0.1, 0.15) is 6.17 Å². The summed E-state index contributed by atoms with van der Waals surface area (Å²) in [5.74, 6) is 0. The van der Waals surface area contributed by atoms with Crippen LogP contribution in [0.4, 0.5) is 4.39 Å². The van der Waals surface area contributed by atoms with Crippen LogP contribution in [0.15, 0.2) is 0 Å². The molecule has 1 atom stereocenters. The number of alkyl halides is 1. The van der Waals surface area contributed by atoms with Crippen LogP contribution in [0.1, 0.15) is 27.2 Å². The number of nitrogens with two attached hydrogens (primary N) is 1. The molecule has 2 nitrogen and oxygen atoms in total. The zero-order valence-corrected chi connectivity index (χ0v) is 7.56. The molecule has 0 amide bonds. The number of rotatable bonds is 4. The molecule has 68 valence electrons. The number of ether oxygens (including phenoxy) is 1. The molecular weight excluding hydrogens is 145 g/mol. The van der Waals surface area contributed by atoms with Gasteiger partial charge in [-0.1, -0.05) is 0 Å². The van der Waals surface area contributed by atoms with E-state index in [9.17, 15) is 4.39 Å². The first kappa shape index (κ1) is 10.8. The Morgan fingerprint density at radius 1 is 1.45 bits per heavy atom. The van der Waals surface area contributed by atoms with E-state index in [0.29, 0.717) is 13.0 Å². The van der Waals surface area contributed by atoms with Crippen molar-refractivity contribution in [3.8, 4) is 0 Å². The number of hydrogen-bond donors (Lipinski definition) is 1. The molecule has 0 aliphatic rings. The molecule has 0 aliphatic carbocycles. The lowest BCUT2D eigenvalue weighted by molar-refractivity contribution is -0.0107. The first-order chi connectivity index (χ1) is 4.95. The van der Waals surface area contributed by atoms with E-state index in [1.807, 2.05) is 20.8 Å². The summed E-state index contributed by atoms with van der Waals surface area (Å²) in [7, 11) is 0. The van der Waals surface area contributed by atoms with Crippen molar-refractivity contribution in [1.29, 1.82) is 0 Å². The van der Waals surface area contributed by atoms with Crippen LogP contribution in [-0.4, -0.2) is 24.9 Å². The minimum Gasteiger partial charge on any atom is -0.376 e. The summed E-state index contributed by atoms with van der Waals surface area (Å²) < 4.78 is 17.8. The molecule has 0 saturated heterocycles. The topological polar surface area (TPSA) is 35.2 Å². The van der Waals surface area contributed by atoms with E-state index in [-0.39, 0.29) is 12.1 Å². The van der Waals surface area contributed by atoms with E-state index in [4.69, 9.17) is 10.5 Å². The van der Waals surface area contributed by atoms with E-state index in [0.717, 1.165) is 0 Å². The lowest BCUT2D eigenvalue weighted by atomic mass is 10.2. The zero-order valence-electron chi connectivity index (χ0n) is 7.56. The van der Waals surface area contributed by atoms with E-state index >= 15 is 0 Å². The van der Waals surface area contributed by atoms with Crippen molar-refractivity contribution < 1.29 is 9.13 Å². The lowest BCUT2D eigenvalue weighted by Gasteiger charge is -2.19. The van der Waals surface area contributed by atoms with Gasteiger partial charge in [-0.2, -0.15) is 0 Å². The van der Waals surface area contributed by atoms with Crippen molar-refractivity contribution in [2.45, 2.75) is 39.0 Å². The van der Waals surface area contributed by atoms with E-state index in [1.165, 1.54) is 0 Å². The summed E-state index contributed by atoms with van der Waals surface area (Å²) in [6, 6.07) is 0. The maximum absolute atomic E-state index is 12.5. The van der Waals surface area contributed by atoms with Crippen molar-refractivity contribution in [2.24, 2.45) is 5.73 Å². The fourth-order valence-corrected chi connectivity index (χ4v) is 0.611. The Kier molecular flexibility index (Phi) is 4.61. The maximum Gasteiger partial charge on any atom is 0.114 e. The van der Waals surface area contributed by atoms with Crippen LogP contribution < -0.4 is 5.73 Å². The third kappa shape index (κ3) is 7.75. The summed E-state index contributed by atoms with van der Waals surface area (Å²) in [5, 5.41) is 0. The van der Waals surface area contributed by atoms with Gasteiger partial charge in [0.15, 0.2) is 0 Å². The van der Waals surface area contributed by atoms with Crippen LogP contribution >= 0.6 is 0 Å². The maximum atomic E-state index is 12.5. The van der Waals surface area contributed by atoms with Gasteiger partial charge in [-0.05, 0) is 20.8 Å². The van der Waals surface area contributed by atoms with Gasteiger partial charge >= 0.3 is 0 Å². The normalized spacial score (nSPS) is 15.0. The standard InChI is InChI=1S/C8H18FNO/c1-8(2,3)11-5-4-7(9)6-10/h7H,4-6,10H2,1-3H3. The largest absolute Gasteiger partial charge is 0.376 e. The Bertz CT molecular complexity index is 101. The Hall–Kier alpha value is -0.150. The summed E-state index contributed by atoms with van der Waals surface area (Å²) in [5.41, 5.74) is 4.92. The smallest absolute Gasteiger partial charge is 0.114 e. The third-order valence-electron chi connectivity index (χ3n) is 1.22. The second kappa shape index (κ2) is 4.67. The summed E-state index contributed by atoms with van der Waals surface area (Å²) in [6.07, 6.45) is -0.523. The van der Waals surface area contributed by atoms with Gasteiger partial charge in [-0.3, -0.25) is 0 Å². The summed E-state index contributed by atoms with van der Waals surface area (Å²) >= 11 is 0. The average Bonchev–Trinajstić information content (AvgIpc) is 1.85. The fourth-order valence-electron chi connectivity index (χ4n) is 0.611. The molecule has 0 spiro atoms. The Morgan fingerprint density at radius 2 is 2.00 bits per heavy atom. The van der Waals surface area contributed by atoms with Crippen LogP contribution in [0.2, 0.25) is 0 Å². The second-order valence-corrected chi connectivity index (χ2v) is 3.58. The SMILES string of the molecule is CC(C)(C)OCCC(F)CN. The minimum absolute atomic E-state index is 0.0908. The number of hydrogen-bond acceptors (Lipinski definition) is 2. The molecule has 0 rings (SSSR count). The minimum atomic E-state index is -0.919. The molecule has 1 unspecified atom stereocenters. The predicted octanol–water partition coefficient (Wildman–Crippen LogP) is 1.49. The highest BCUT2D eigenvalue weighted by Crippen LogP contribution is 2.08. The quantitative estimate of drug-likeness (QED) is 0.681. The first-order valence-electron chi connectivity index (χ1n) is 3.94. The van der Waals surface area contributed by atoms with Gasteiger partial charge in [0, 0.05) is 13.0 Å². The molecule has 0 aromatic heterocycles. The monoisotopic (exact) mass is 163 g/mol. The van der Waals surface area contributed by atoms with E-state index < -0.39 is 6.17 Å². The van der Waals surface area contributed by atoms with Crippen LogP contribution in [-0.2, 0) is 4.74 Å². The Balaban J connectivity index is 3.28. The summed E-state index contributed by atoms with van der Waals surface area (Å²) in [4.78, 5) is 0. The van der Waals surface area contributed by atoms with Crippen LogP contribution in [0, 0.1) is 0 Å². The molecule has 0 saturated carbocycles. The first-order valence-corrected chi connectivity index (χ1v) is 3.94. The molecule has 3 heteroatoms. The molecule has 0 aromatic carbocycles. The highest BCUT2D eigenvalue weighted by molar-refractivity contribution is 4.61. The third-order valence-corrected chi connectivity index (χ3v) is 1.22. The Labute approximate surface area is 67.9 Å². The van der Waals surface area contributed by atoms with Crippen molar-refractivity contribution in [2.75, 3.05) is 13.2 Å². The Morgan fingerprint density at radius 3 is 2.36 bits per heavy atom. The molecule has 2 N–H and O–H groups in total. The number of halogens is 1.